The lowest BCUT2D eigenvalue weighted by atomic mass is 10.1. The summed E-state index contributed by atoms with van der Waals surface area (Å²) in [7, 11) is 0. The van der Waals surface area contributed by atoms with Crippen LogP contribution >= 0.6 is 15.9 Å². The monoisotopic (exact) mass is 364 g/mol. The number of hydrogen-bond donors (Lipinski definition) is 0. The first kappa shape index (κ1) is 17.5. The number of hydrogen-bond acceptors (Lipinski definition) is 4. The van der Waals surface area contributed by atoms with Crippen LogP contribution in [0.5, 0.6) is 0 Å². The molecule has 7 heteroatoms. The lowest BCUT2D eigenvalue weighted by molar-refractivity contribution is -0.385. The lowest BCUT2D eigenvalue weighted by Crippen LogP contribution is -1.87. The number of halogens is 1. The first-order chi connectivity index (χ1) is 10.4. The molecule has 0 atom stereocenters. The molecule has 2 aromatic rings. The Morgan fingerprint density at radius 3 is 1.68 bits per heavy atom. The van der Waals surface area contributed by atoms with E-state index in [4.69, 9.17) is 0 Å². The van der Waals surface area contributed by atoms with Crippen LogP contribution in [0.25, 0.3) is 0 Å². The second-order valence-corrected chi connectivity index (χ2v) is 5.07. The molecule has 0 heterocycles. The minimum atomic E-state index is -0.424. The maximum absolute atomic E-state index is 10.3. The molecule has 0 unspecified atom stereocenters. The maximum Gasteiger partial charge on any atom is 0.269 e. The van der Waals surface area contributed by atoms with Gasteiger partial charge in [-0.05, 0) is 24.1 Å². The topological polar surface area (TPSA) is 86.3 Å². The quantitative estimate of drug-likeness (QED) is 0.447. The van der Waals surface area contributed by atoms with Crippen molar-refractivity contribution in [1.82, 2.24) is 0 Å². The lowest BCUT2D eigenvalue weighted by Gasteiger charge is -1.94. The molecular formula is C15H13BrN2O4. The van der Waals surface area contributed by atoms with Crippen LogP contribution < -0.4 is 0 Å². The van der Waals surface area contributed by atoms with Crippen molar-refractivity contribution in [1.29, 1.82) is 0 Å². The molecular weight excluding hydrogens is 352 g/mol. The van der Waals surface area contributed by atoms with Crippen molar-refractivity contribution in [3.8, 4) is 0 Å². The highest BCUT2D eigenvalue weighted by Gasteiger charge is 2.02. The highest BCUT2D eigenvalue weighted by atomic mass is 79.9. The molecule has 0 spiro atoms. The van der Waals surface area contributed by atoms with E-state index in [2.05, 4.69) is 22.5 Å². The Hall–Kier alpha value is -2.54. The average Bonchev–Trinajstić information content (AvgIpc) is 2.49. The van der Waals surface area contributed by atoms with Crippen LogP contribution in [0.4, 0.5) is 11.4 Å². The summed E-state index contributed by atoms with van der Waals surface area (Å²) in [6.45, 7) is 3.58. The minimum absolute atomic E-state index is 0.114. The van der Waals surface area contributed by atoms with Crippen LogP contribution in [0.1, 0.15) is 5.56 Å². The predicted molar refractivity (Wildman–Crippen MR) is 87.8 cm³/mol. The summed E-state index contributed by atoms with van der Waals surface area (Å²) in [5, 5.41) is 20.4. The van der Waals surface area contributed by atoms with Crippen molar-refractivity contribution in [2.45, 2.75) is 6.42 Å². The van der Waals surface area contributed by atoms with Crippen molar-refractivity contribution in [3.05, 3.63) is 91.5 Å². The van der Waals surface area contributed by atoms with Gasteiger partial charge < -0.3 is 0 Å². The molecule has 2 aromatic carbocycles. The second-order valence-electron chi connectivity index (χ2n) is 4.15. The third-order valence-corrected chi connectivity index (χ3v) is 3.09. The third kappa shape index (κ3) is 5.84. The molecule has 114 valence electrons. The summed E-state index contributed by atoms with van der Waals surface area (Å²) in [6.07, 6.45) is 2.51. The highest BCUT2D eigenvalue weighted by Crippen LogP contribution is 2.15. The zero-order valence-electron chi connectivity index (χ0n) is 11.5. The van der Waals surface area contributed by atoms with Gasteiger partial charge in [0, 0.05) is 28.7 Å². The van der Waals surface area contributed by atoms with Crippen molar-refractivity contribution in [3.63, 3.8) is 0 Å². The summed E-state index contributed by atoms with van der Waals surface area (Å²) >= 11 is 3.17. The van der Waals surface area contributed by atoms with Crippen LogP contribution in [0, 0.1) is 20.2 Å². The number of benzene rings is 2. The molecule has 0 N–H and O–H groups in total. The average molecular weight is 365 g/mol. The maximum atomic E-state index is 10.3. The Labute approximate surface area is 135 Å². The Kier molecular flexibility index (Phi) is 6.91. The van der Waals surface area contributed by atoms with E-state index in [1.807, 2.05) is 0 Å². The van der Waals surface area contributed by atoms with Gasteiger partial charge in [0.05, 0.1) is 9.85 Å². The highest BCUT2D eigenvalue weighted by molar-refractivity contribution is 9.10. The molecule has 0 amide bonds. The molecule has 2 rings (SSSR count). The van der Waals surface area contributed by atoms with Crippen molar-refractivity contribution >= 4 is 27.3 Å². The normalized spacial score (nSPS) is 9.32. The number of non-ortho nitro benzene ring substituents is 2. The van der Waals surface area contributed by atoms with Gasteiger partial charge in [0.15, 0.2) is 0 Å². The zero-order chi connectivity index (χ0) is 16.5. The summed E-state index contributed by atoms with van der Waals surface area (Å²) in [4.78, 5) is 19.5. The van der Waals surface area contributed by atoms with Crippen molar-refractivity contribution in [2.24, 2.45) is 0 Å². The van der Waals surface area contributed by atoms with Crippen molar-refractivity contribution < 1.29 is 9.85 Å². The molecule has 0 aliphatic carbocycles. The fraction of sp³-hybridized carbons (Fsp3) is 0.0667. The van der Waals surface area contributed by atoms with Gasteiger partial charge in [0.25, 0.3) is 11.4 Å². The zero-order valence-corrected chi connectivity index (χ0v) is 13.1. The number of rotatable bonds is 4. The van der Waals surface area contributed by atoms with Crippen LogP contribution in [0.2, 0.25) is 0 Å². The van der Waals surface area contributed by atoms with E-state index in [-0.39, 0.29) is 11.4 Å². The van der Waals surface area contributed by atoms with Gasteiger partial charge >= 0.3 is 0 Å². The number of nitrogens with zero attached hydrogens (tertiary/aromatic N) is 2. The van der Waals surface area contributed by atoms with E-state index >= 15 is 0 Å². The van der Waals surface area contributed by atoms with Gasteiger partial charge in [0.2, 0.25) is 0 Å². The number of nitro groups is 2. The molecule has 0 saturated carbocycles. The van der Waals surface area contributed by atoms with Crippen LogP contribution in [-0.2, 0) is 6.42 Å². The Balaban J connectivity index is 0.000000224. The molecule has 0 aliphatic rings. The van der Waals surface area contributed by atoms with Crippen molar-refractivity contribution in [2.75, 3.05) is 0 Å². The molecule has 0 aliphatic heterocycles. The van der Waals surface area contributed by atoms with E-state index in [1.54, 1.807) is 30.3 Å². The molecule has 0 fully saturated rings. The summed E-state index contributed by atoms with van der Waals surface area (Å²) in [5.41, 5.74) is 1.28. The van der Waals surface area contributed by atoms with E-state index in [9.17, 15) is 20.2 Å². The molecule has 0 saturated heterocycles. The standard InChI is InChI=1S/C9H9NO2.C6H4BrNO2/c1-2-3-8-4-6-9(7-5-8)10(11)12;7-5-1-3-6(4-2-5)8(9)10/h2,4-7H,1,3H2;1-4H. The predicted octanol–water partition coefficient (Wildman–Crippen LogP) is 4.68. The Morgan fingerprint density at radius 2 is 1.32 bits per heavy atom. The van der Waals surface area contributed by atoms with Gasteiger partial charge in [-0.1, -0.05) is 34.1 Å². The number of nitro benzene ring substituents is 2. The molecule has 0 aromatic heterocycles. The summed E-state index contributed by atoms with van der Waals surface area (Å²) in [5.74, 6) is 0. The molecule has 6 nitrogen and oxygen atoms in total. The fourth-order valence-electron chi connectivity index (χ4n) is 1.48. The van der Waals surface area contributed by atoms with Gasteiger partial charge in [-0.15, -0.1) is 6.58 Å². The van der Waals surface area contributed by atoms with E-state index in [0.717, 1.165) is 16.5 Å². The third-order valence-electron chi connectivity index (χ3n) is 2.56. The SMILES string of the molecule is C=CCc1ccc([N+](=O)[O-])cc1.O=[N+]([O-])c1ccc(Br)cc1. The fourth-order valence-corrected chi connectivity index (χ4v) is 1.75. The van der Waals surface area contributed by atoms with E-state index in [0.29, 0.717) is 0 Å². The summed E-state index contributed by atoms with van der Waals surface area (Å²) in [6, 6.07) is 12.6. The van der Waals surface area contributed by atoms with Crippen LogP contribution in [0.15, 0.2) is 65.7 Å². The second kappa shape index (κ2) is 8.68. The van der Waals surface area contributed by atoms with Gasteiger partial charge in [-0.25, -0.2) is 0 Å². The Morgan fingerprint density at radius 1 is 0.909 bits per heavy atom. The van der Waals surface area contributed by atoms with E-state index in [1.165, 1.54) is 24.3 Å². The first-order valence-electron chi connectivity index (χ1n) is 6.18. The van der Waals surface area contributed by atoms with Crippen LogP contribution in [0.3, 0.4) is 0 Å². The smallest absolute Gasteiger partial charge is 0.258 e. The largest absolute Gasteiger partial charge is 0.269 e. The first-order valence-corrected chi connectivity index (χ1v) is 6.97. The van der Waals surface area contributed by atoms with Gasteiger partial charge in [-0.3, -0.25) is 20.2 Å². The molecule has 0 radical (unpaired) electrons. The van der Waals surface area contributed by atoms with Gasteiger partial charge in [0.1, 0.15) is 0 Å². The van der Waals surface area contributed by atoms with Crippen LogP contribution in [-0.4, -0.2) is 9.85 Å². The molecule has 22 heavy (non-hydrogen) atoms. The van der Waals surface area contributed by atoms with Gasteiger partial charge in [-0.2, -0.15) is 0 Å². The van der Waals surface area contributed by atoms with E-state index < -0.39 is 9.85 Å². The summed E-state index contributed by atoms with van der Waals surface area (Å²) < 4.78 is 0.845. The Bertz CT molecular complexity index is 654. The number of allylic oxidation sites excluding steroid dienone is 1. The minimum Gasteiger partial charge on any atom is -0.258 e. The molecule has 0 bridgehead atoms.